The minimum absolute atomic E-state index is 0.207. The Hall–Kier alpha value is -1.99. The van der Waals surface area contributed by atoms with E-state index in [1.54, 1.807) is 17.7 Å². The van der Waals surface area contributed by atoms with Crippen LogP contribution >= 0.6 is 11.3 Å². The smallest absolute Gasteiger partial charge is 0.263 e. The van der Waals surface area contributed by atoms with Gasteiger partial charge in [0.2, 0.25) is 0 Å². The molecule has 0 saturated carbocycles. The summed E-state index contributed by atoms with van der Waals surface area (Å²) in [7, 11) is 0. The number of nitrogens with zero attached hydrogens (tertiary/aromatic N) is 2. The fourth-order valence-electron chi connectivity index (χ4n) is 3.28. The van der Waals surface area contributed by atoms with Gasteiger partial charge in [-0.2, -0.15) is 0 Å². The predicted molar refractivity (Wildman–Crippen MR) is 104 cm³/mol. The minimum atomic E-state index is -0.322. The molecule has 3 rings (SSSR count). The number of rotatable bonds is 6. The maximum Gasteiger partial charge on any atom is 0.263 e. The standard InChI is InChI=1S/C19H26N4O2S/c1-3-15-12-26-16(22-15)10-21-18(24)17-13(2)6-8-23(19(17)25)11-14-5-4-7-20-9-14/h6,8,12,14,20H,3-5,7,9-11H2,1-2H3,(H,21,24). The average molecular weight is 375 g/mol. The van der Waals surface area contributed by atoms with Gasteiger partial charge in [0, 0.05) is 18.1 Å². The molecule has 3 heterocycles. The summed E-state index contributed by atoms with van der Waals surface area (Å²) in [6.45, 7) is 6.83. The largest absolute Gasteiger partial charge is 0.345 e. The molecule has 0 bridgehead atoms. The molecule has 7 heteroatoms. The van der Waals surface area contributed by atoms with Crippen LogP contribution in [0.5, 0.6) is 0 Å². The summed E-state index contributed by atoms with van der Waals surface area (Å²) in [5, 5.41) is 9.08. The van der Waals surface area contributed by atoms with Crippen LogP contribution in [0.25, 0.3) is 0 Å². The van der Waals surface area contributed by atoms with Crippen molar-refractivity contribution in [3.05, 3.63) is 49.8 Å². The zero-order valence-electron chi connectivity index (χ0n) is 15.4. The van der Waals surface area contributed by atoms with Gasteiger partial charge in [-0.3, -0.25) is 9.59 Å². The molecule has 2 N–H and O–H groups in total. The van der Waals surface area contributed by atoms with Gasteiger partial charge in [-0.15, -0.1) is 11.3 Å². The first-order valence-electron chi connectivity index (χ1n) is 9.20. The maximum atomic E-state index is 12.8. The Kier molecular flexibility index (Phi) is 6.21. The van der Waals surface area contributed by atoms with Crippen LogP contribution in [0, 0.1) is 12.8 Å². The fourth-order valence-corrected chi connectivity index (χ4v) is 4.10. The van der Waals surface area contributed by atoms with Crippen molar-refractivity contribution in [2.24, 2.45) is 5.92 Å². The number of aryl methyl sites for hydroxylation is 2. The van der Waals surface area contributed by atoms with Crippen molar-refractivity contribution in [3.8, 4) is 0 Å². The van der Waals surface area contributed by atoms with Gasteiger partial charge in [0.05, 0.1) is 12.2 Å². The van der Waals surface area contributed by atoms with Gasteiger partial charge in [0.15, 0.2) is 0 Å². The summed E-state index contributed by atoms with van der Waals surface area (Å²) < 4.78 is 1.68. The number of aromatic nitrogens is 2. The van der Waals surface area contributed by atoms with E-state index in [1.165, 1.54) is 11.3 Å². The highest BCUT2D eigenvalue weighted by molar-refractivity contribution is 7.09. The lowest BCUT2D eigenvalue weighted by molar-refractivity contribution is 0.0948. The Morgan fingerprint density at radius 3 is 3.04 bits per heavy atom. The number of hydrogen-bond acceptors (Lipinski definition) is 5. The van der Waals surface area contributed by atoms with E-state index in [0.29, 0.717) is 24.6 Å². The molecular weight excluding hydrogens is 348 g/mol. The summed E-state index contributed by atoms with van der Waals surface area (Å²) >= 11 is 1.53. The van der Waals surface area contributed by atoms with E-state index in [2.05, 4.69) is 22.5 Å². The van der Waals surface area contributed by atoms with Crippen LogP contribution in [-0.4, -0.2) is 28.5 Å². The molecular formula is C19H26N4O2S. The monoisotopic (exact) mass is 374 g/mol. The number of hydrogen-bond donors (Lipinski definition) is 2. The van der Waals surface area contributed by atoms with Crippen LogP contribution in [0.2, 0.25) is 0 Å². The second-order valence-electron chi connectivity index (χ2n) is 6.81. The van der Waals surface area contributed by atoms with Crippen molar-refractivity contribution in [2.75, 3.05) is 13.1 Å². The van der Waals surface area contributed by atoms with Gasteiger partial charge in [0.25, 0.3) is 11.5 Å². The Balaban J connectivity index is 1.72. The van der Waals surface area contributed by atoms with Crippen LogP contribution in [-0.2, 0) is 19.5 Å². The molecule has 1 fully saturated rings. The summed E-state index contributed by atoms with van der Waals surface area (Å²) in [6.07, 6.45) is 4.92. The van der Waals surface area contributed by atoms with E-state index < -0.39 is 0 Å². The lowest BCUT2D eigenvalue weighted by Gasteiger charge is -2.23. The molecule has 0 aliphatic carbocycles. The molecule has 1 atom stereocenters. The van der Waals surface area contributed by atoms with E-state index in [9.17, 15) is 9.59 Å². The van der Waals surface area contributed by atoms with Crippen molar-refractivity contribution < 1.29 is 4.79 Å². The third kappa shape index (κ3) is 4.40. The number of piperidine rings is 1. The van der Waals surface area contributed by atoms with Crippen molar-refractivity contribution >= 4 is 17.2 Å². The predicted octanol–water partition coefficient (Wildman–Crippen LogP) is 2.11. The topological polar surface area (TPSA) is 76.0 Å². The highest BCUT2D eigenvalue weighted by Gasteiger charge is 2.19. The molecule has 1 saturated heterocycles. The molecule has 2 aromatic heterocycles. The summed E-state index contributed by atoms with van der Waals surface area (Å²) in [4.78, 5) is 29.9. The molecule has 0 aromatic carbocycles. The third-order valence-corrected chi connectivity index (χ3v) is 5.71. The average Bonchev–Trinajstić information content (AvgIpc) is 3.11. The fraction of sp³-hybridized carbons (Fsp3) is 0.526. The lowest BCUT2D eigenvalue weighted by Crippen LogP contribution is -2.37. The Bertz CT molecular complexity index is 821. The van der Waals surface area contributed by atoms with E-state index in [4.69, 9.17) is 0 Å². The summed E-state index contributed by atoms with van der Waals surface area (Å²) in [5.41, 5.74) is 1.77. The molecule has 0 radical (unpaired) electrons. The Morgan fingerprint density at radius 1 is 1.50 bits per heavy atom. The number of carbonyl (C=O) groups excluding carboxylic acids is 1. The van der Waals surface area contributed by atoms with Crippen molar-refractivity contribution in [2.45, 2.75) is 46.2 Å². The third-order valence-electron chi connectivity index (χ3n) is 4.82. The van der Waals surface area contributed by atoms with E-state index in [0.717, 1.165) is 43.1 Å². The number of thiazole rings is 1. The summed E-state index contributed by atoms with van der Waals surface area (Å²) in [5.74, 6) is 0.111. The van der Waals surface area contributed by atoms with Crippen molar-refractivity contribution in [3.63, 3.8) is 0 Å². The van der Waals surface area contributed by atoms with E-state index in [1.807, 2.05) is 11.4 Å². The number of nitrogens with one attached hydrogen (secondary N) is 2. The zero-order valence-corrected chi connectivity index (χ0v) is 16.2. The van der Waals surface area contributed by atoms with Crippen LogP contribution in [0.1, 0.15) is 46.4 Å². The number of pyridine rings is 1. The highest BCUT2D eigenvalue weighted by atomic mass is 32.1. The molecule has 1 aliphatic rings. The van der Waals surface area contributed by atoms with E-state index in [-0.39, 0.29) is 17.0 Å². The molecule has 6 nitrogen and oxygen atoms in total. The van der Waals surface area contributed by atoms with Gasteiger partial charge in [0.1, 0.15) is 10.6 Å². The Morgan fingerprint density at radius 2 is 2.35 bits per heavy atom. The highest BCUT2D eigenvalue weighted by Crippen LogP contribution is 2.13. The van der Waals surface area contributed by atoms with Gasteiger partial charge < -0.3 is 15.2 Å². The van der Waals surface area contributed by atoms with Crippen LogP contribution in [0.3, 0.4) is 0 Å². The maximum absolute atomic E-state index is 12.8. The van der Waals surface area contributed by atoms with Gasteiger partial charge in [-0.05, 0) is 56.8 Å². The molecule has 140 valence electrons. The molecule has 0 spiro atoms. The van der Waals surface area contributed by atoms with E-state index >= 15 is 0 Å². The molecule has 26 heavy (non-hydrogen) atoms. The van der Waals surface area contributed by atoms with Crippen molar-refractivity contribution in [1.29, 1.82) is 0 Å². The molecule has 1 unspecified atom stereocenters. The van der Waals surface area contributed by atoms with Gasteiger partial charge >= 0.3 is 0 Å². The minimum Gasteiger partial charge on any atom is -0.345 e. The van der Waals surface area contributed by atoms with Gasteiger partial charge in [-0.25, -0.2) is 4.98 Å². The first-order chi connectivity index (χ1) is 12.6. The molecule has 1 aliphatic heterocycles. The SMILES string of the molecule is CCc1csc(CNC(=O)c2c(C)ccn(CC3CCCNC3)c2=O)n1. The quantitative estimate of drug-likeness (QED) is 0.812. The zero-order chi connectivity index (χ0) is 18.5. The van der Waals surface area contributed by atoms with Crippen molar-refractivity contribution in [1.82, 2.24) is 20.2 Å². The van der Waals surface area contributed by atoms with Crippen LogP contribution in [0.15, 0.2) is 22.4 Å². The van der Waals surface area contributed by atoms with Crippen LogP contribution in [0.4, 0.5) is 0 Å². The normalized spacial score (nSPS) is 17.2. The first kappa shape index (κ1) is 18.8. The lowest BCUT2D eigenvalue weighted by atomic mass is 9.99. The van der Waals surface area contributed by atoms with Crippen LogP contribution < -0.4 is 16.2 Å². The number of carbonyl (C=O) groups is 1. The second-order valence-corrected chi connectivity index (χ2v) is 7.76. The Labute approximate surface area is 157 Å². The number of amides is 1. The second kappa shape index (κ2) is 8.60. The molecule has 1 amide bonds. The summed E-state index contributed by atoms with van der Waals surface area (Å²) in [6, 6.07) is 1.85. The first-order valence-corrected chi connectivity index (χ1v) is 10.1. The molecule has 2 aromatic rings. The van der Waals surface area contributed by atoms with Gasteiger partial charge in [-0.1, -0.05) is 6.92 Å².